The van der Waals surface area contributed by atoms with Gasteiger partial charge in [0.25, 0.3) is 0 Å². The number of hydrogen-bond donors (Lipinski definition) is 0. The van der Waals surface area contributed by atoms with E-state index in [4.69, 9.17) is 4.74 Å². The van der Waals surface area contributed by atoms with Gasteiger partial charge in [0.1, 0.15) is 5.75 Å². The van der Waals surface area contributed by atoms with Crippen LogP contribution >= 0.6 is 0 Å². The predicted octanol–water partition coefficient (Wildman–Crippen LogP) is 2.15. The zero-order valence-corrected chi connectivity index (χ0v) is 10.5. The minimum Gasteiger partial charge on any atom is -0.493 e. The van der Waals surface area contributed by atoms with Gasteiger partial charge in [-0.1, -0.05) is 6.92 Å². The highest BCUT2D eigenvalue weighted by Gasteiger charge is 2.15. The Balaban J connectivity index is 2.04. The fourth-order valence-corrected chi connectivity index (χ4v) is 2.16. The highest BCUT2D eigenvalue weighted by molar-refractivity contribution is 5.98. The first-order valence-electron chi connectivity index (χ1n) is 6.18. The maximum absolute atomic E-state index is 12.0. The number of rotatable bonds is 5. The van der Waals surface area contributed by atoms with Crippen LogP contribution in [0.2, 0.25) is 0 Å². The maximum Gasteiger partial charge on any atom is 0.176 e. The highest BCUT2D eigenvalue weighted by atomic mass is 16.5. The molecular weight excluding hydrogens is 214 g/mol. The van der Waals surface area contributed by atoms with E-state index in [9.17, 15) is 4.79 Å². The topological polar surface area (TPSA) is 29.5 Å². The number of likely N-dealkylation sites (N-methyl/N-ethyl adjacent to an activating group) is 1. The second-order valence-electron chi connectivity index (χ2n) is 4.58. The van der Waals surface area contributed by atoms with Gasteiger partial charge in [0.2, 0.25) is 0 Å². The van der Waals surface area contributed by atoms with Crippen molar-refractivity contribution in [3.8, 4) is 5.75 Å². The lowest BCUT2D eigenvalue weighted by Crippen LogP contribution is -2.26. The number of Topliss-reactive ketones (excluding diaryl/α,β-unsaturated/α-hetero) is 1. The number of ketones is 1. The molecule has 0 spiro atoms. The van der Waals surface area contributed by atoms with Crippen LogP contribution in [0.5, 0.6) is 5.75 Å². The maximum atomic E-state index is 12.0. The van der Waals surface area contributed by atoms with E-state index in [2.05, 4.69) is 11.8 Å². The summed E-state index contributed by atoms with van der Waals surface area (Å²) in [6.07, 6.45) is 1.99. The van der Waals surface area contributed by atoms with Gasteiger partial charge in [-0.3, -0.25) is 9.69 Å². The van der Waals surface area contributed by atoms with Crippen LogP contribution < -0.4 is 4.74 Å². The lowest BCUT2D eigenvalue weighted by atomic mass is 10.1. The minimum atomic E-state index is 0.190. The first kappa shape index (κ1) is 12.1. The Kier molecular flexibility index (Phi) is 3.79. The molecule has 1 heterocycles. The van der Waals surface area contributed by atoms with Crippen molar-refractivity contribution >= 4 is 5.78 Å². The molecule has 2 rings (SSSR count). The van der Waals surface area contributed by atoms with Gasteiger partial charge in [-0.05, 0) is 43.8 Å². The largest absolute Gasteiger partial charge is 0.493 e. The molecule has 0 aromatic heterocycles. The third kappa shape index (κ3) is 2.86. The van der Waals surface area contributed by atoms with Crippen LogP contribution in [0, 0.1) is 0 Å². The van der Waals surface area contributed by atoms with E-state index in [1.165, 1.54) is 0 Å². The molecule has 0 amide bonds. The Bertz CT molecular complexity index is 415. The molecule has 1 aliphatic rings. The van der Waals surface area contributed by atoms with Gasteiger partial charge in [-0.15, -0.1) is 0 Å². The molecule has 92 valence electrons. The quantitative estimate of drug-likeness (QED) is 0.730. The number of ether oxygens (including phenoxy) is 1. The lowest BCUT2D eigenvalue weighted by molar-refractivity contribution is 0.0946. The number of carbonyl (C=O) groups is 1. The smallest absolute Gasteiger partial charge is 0.176 e. The second kappa shape index (κ2) is 5.32. The molecule has 0 unspecified atom stereocenters. The molecule has 0 saturated carbocycles. The molecule has 0 saturated heterocycles. The summed E-state index contributed by atoms with van der Waals surface area (Å²) in [5, 5.41) is 0. The van der Waals surface area contributed by atoms with Gasteiger partial charge in [-0.25, -0.2) is 0 Å². The Labute approximate surface area is 102 Å². The Morgan fingerprint density at radius 3 is 3.06 bits per heavy atom. The van der Waals surface area contributed by atoms with Crippen molar-refractivity contribution in [1.82, 2.24) is 4.90 Å². The Morgan fingerprint density at radius 2 is 2.29 bits per heavy atom. The predicted molar refractivity (Wildman–Crippen MR) is 67.8 cm³/mol. The molecule has 0 radical (unpaired) electrons. The second-order valence-corrected chi connectivity index (χ2v) is 4.58. The molecule has 0 bridgehead atoms. The summed E-state index contributed by atoms with van der Waals surface area (Å²) in [4.78, 5) is 14.1. The van der Waals surface area contributed by atoms with Crippen LogP contribution in [0.4, 0.5) is 0 Å². The molecule has 1 aromatic rings. The van der Waals surface area contributed by atoms with Crippen molar-refractivity contribution in [1.29, 1.82) is 0 Å². The van der Waals surface area contributed by atoms with Crippen molar-refractivity contribution in [3.05, 3.63) is 29.3 Å². The van der Waals surface area contributed by atoms with Crippen molar-refractivity contribution in [2.24, 2.45) is 0 Å². The third-order valence-corrected chi connectivity index (χ3v) is 3.03. The molecule has 3 nitrogen and oxygen atoms in total. The average molecular weight is 233 g/mol. The van der Waals surface area contributed by atoms with E-state index < -0.39 is 0 Å². The fourth-order valence-electron chi connectivity index (χ4n) is 2.16. The number of hydrogen-bond acceptors (Lipinski definition) is 3. The summed E-state index contributed by atoms with van der Waals surface area (Å²) in [5.41, 5.74) is 1.96. The SMILES string of the molecule is CCCN(C)CC(=O)c1ccc2c(c1)CCO2. The summed E-state index contributed by atoms with van der Waals surface area (Å²) in [5.74, 6) is 1.12. The van der Waals surface area contributed by atoms with Crippen LogP contribution in [-0.2, 0) is 6.42 Å². The summed E-state index contributed by atoms with van der Waals surface area (Å²) in [6.45, 7) is 4.31. The van der Waals surface area contributed by atoms with Crippen LogP contribution in [0.3, 0.4) is 0 Å². The van der Waals surface area contributed by atoms with Crippen molar-refractivity contribution in [3.63, 3.8) is 0 Å². The van der Waals surface area contributed by atoms with E-state index in [1.54, 1.807) is 0 Å². The molecular formula is C14H19NO2. The molecule has 0 atom stereocenters. The van der Waals surface area contributed by atoms with Gasteiger partial charge in [-0.2, -0.15) is 0 Å². The highest BCUT2D eigenvalue weighted by Crippen LogP contribution is 2.25. The van der Waals surface area contributed by atoms with Crippen molar-refractivity contribution in [2.45, 2.75) is 19.8 Å². The first-order chi connectivity index (χ1) is 8.20. The first-order valence-corrected chi connectivity index (χ1v) is 6.18. The molecule has 1 aromatic carbocycles. The molecule has 0 aliphatic carbocycles. The average Bonchev–Trinajstić information content (AvgIpc) is 2.75. The minimum absolute atomic E-state index is 0.190. The number of carbonyl (C=O) groups excluding carboxylic acids is 1. The summed E-state index contributed by atoms with van der Waals surface area (Å²) in [6, 6.07) is 5.76. The monoisotopic (exact) mass is 233 g/mol. The molecule has 3 heteroatoms. The normalized spacial score (nSPS) is 13.6. The fraction of sp³-hybridized carbons (Fsp3) is 0.500. The van der Waals surface area contributed by atoms with E-state index in [-0.39, 0.29) is 5.78 Å². The van der Waals surface area contributed by atoms with E-state index >= 15 is 0 Å². The van der Waals surface area contributed by atoms with Crippen LogP contribution in [-0.4, -0.2) is 37.4 Å². The van der Waals surface area contributed by atoms with Crippen LogP contribution in [0.25, 0.3) is 0 Å². The van der Waals surface area contributed by atoms with Gasteiger partial charge < -0.3 is 4.74 Å². The van der Waals surface area contributed by atoms with Crippen molar-refractivity contribution < 1.29 is 9.53 Å². The third-order valence-electron chi connectivity index (χ3n) is 3.03. The number of fused-ring (bicyclic) bond motifs is 1. The molecule has 0 N–H and O–H groups in total. The number of nitrogens with zero attached hydrogens (tertiary/aromatic N) is 1. The molecule has 1 aliphatic heterocycles. The number of benzene rings is 1. The zero-order valence-electron chi connectivity index (χ0n) is 10.5. The van der Waals surface area contributed by atoms with E-state index in [0.717, 1.165) is 42.9 Å². The lowest BCUT2D eigenvalue weighted by Gasteiger charge is -2.14. The Morgan fingerprint density at radius 1 is 1.47 bits per heavy atom. The van der Waals surface area contributed by atoms with E-state index in [0.29, 0.717) is 6.54 Å². The Hall–Kier alpha value is -1.35. The summed E-state index contributed by atoms with van der Waals surface area (Å²) in [7, 11) is 1.98. The van der Waals surface area contributed by atoms with Crippen LogP contribution in [0.15, 0.2) is 18.2 Å². The van der Waals surface area contributed by atoms with Gasteiger partial charge in [0.05, 0.1) is 13.2 Å². The molecule has 17 heavy (non-hydrogen) atoms. The van der Waals surface area contributed by atoms with Crippen molar-refractivity contribution in [2.75, 3.05) is 26.7 Å². The van der Waals surface area contributed by atoms with Crippen LogP contribution in [0.1, 0.15) is 29.3 Å². The summed E-state index contributed by atoms with van der Waals surface area (Å²) < 4.78 is 5.43. The van der Waals surface area contributed by atoms with Gasteiger partial charge in [0, 0.05) is 12.0 Å². The van der Waals surface area contributed by atoms with Gasteiger partial charge in [0.15, 0.2) is 5.78 Å². The van der Waals surface area contributed by atoms with Gasteiger partial charge >= 0.3 is 0 Å². The zero-order chi connectivity index (χ0) is 12.3. The van der Waals surface area contributed by atoms with E-state index in [1.807, 2.05) is 25.2 Å². The standard InChI is InChI=1S/C14H19NO2/c1-3-7-15(2)10-13(16)11-4-5-14-12(9-11)6-8-17-14/h4-5,9H,3,6-8,10H2,1-2H3. The molecule has 0 fully saturated rings. The summed E-state index contributed by atoms with van der Waals surface area (Å²) >= 11 is 0.